The minimum Gasteiger partial charge on any atom is -0.0804 e. The van der Waals surface area contributed by atoms with Crippen molar-refractivity contribution >= 4 is 6.08 Å². The minimum absolute atomic E-state index is 0.191. The molecule has 0 saturated carbocycles. The fourth-order valence-corrected chi connectivity index (χ4v) is 2.99. The molecule has 0 aromatic heterocycles. The van der Waals surface area contributed by atoms with Crippen LogP contribution in [-0.4, -0.2) is 0 Å². The fraction of sp³-hybridized carbons (Fsp3) is 0.294. The Labute approximate surface area is 103 Å². The summed E-state index contributed by atoms with van der Waals surface area (Å²) in [4.78, 5) is 0. The van der Waals surface area contributed by atoms with Crippen LogP contribution in [0.5, 0.6) is 0 Å². The van der Waals surface area contributed by atoms with Gasteiger partial charge in [-0.3, -0.25) is 0 Å². The molecule has 0 amide bonds. The van der Waals surface area contributed by atoms with E-state index in [1.54, 1.807) is 0 Å². The topological polar surface area (TPSA) is 0 Å². The van der Waals surface area contributed by atoms with E-state index in [9.17, 15) is 0 Å². The first-order valence-corrected chi connectivity index (χ1v) is 6.34. The van der Waals surface area contributed by atoms with Crippen LogP contribution in [0.1, 0.15) is 37.3 Å². The van der Waals surface area contributed by atoms with E-state index < -0.39 is 0 Å². The largest absolute Gasteiger partial charge is 0.0804 e. The molecule has 0 aliphatic heterocycles. The Morgan fingerprint density at radius 2 is 1.94 bits per heavy atom. The molecule has 17 heavy (non-hydrogen) atoms. The lowest BCUT2D eigenvalue weighted by atomic mass is 9.71. The highest BCUT2D eigenvalue weighted by Gasteiger charge is 2.34. The van der Waals surface area contributed by atoms with Gasteiger partial charge in [0.05, 0.1) is 0 Å². The van der Waals surface area contributed by atoms with Crippen LogP contribution in [0.25, 0.3) is 6.08 Å². The Bertz CT molecular complexity index is 527. The molecule has 3 rings (SSSR count). The van der Waals surface area contributed by atoms with Crippen LogP contribution in [-0.2, 0) is 0 Å². The minimum atomic E-state index is 0.191. The number of allylic oxidation sites excluding steroid dienone is 5. The van der Waals surface area contributed by atoms with E-state index >= 15 is 0 Å². The SMILES string of the molecule is CC(C)(C1=CCC=C1)C1C=Cc2ccccc21. The van der Waals surface area contributed by atoms with Crippen molar-refractivity contribution in [3.05, 3.63) is 65.3 Å². The van der Waals surface area contributed by atoms with Gasteiger partial charge < -0.3 is 0 Å². The highest BCUT2D eigenvalue weighted by atomic mass is 14.4. The van der Waals surface area contributed by atoms with E-state index in [1.807, 2.05) is 0 Å². The van der Waals surface area contributed by atoms with Crippen LogP contribution in [0.15, 0.2) is 54.1 Å². The fourth-order valence-electron chi connectivity index (χ4n) is 2.99. The second-order valence-electron chi connectivity index (χ2n) is 5.48. The summed E-state index contributed by atoms with van der Waals surface area (Å²) in [6.45, 7) is 4.71. The highest BCUT2D eigenvalue weighted by molar-refractivity contribution is 5.63. The molecule has 0 radical (unpaired) electrons. The molecule has 0 spiro atoms. The number of fused-ring (bicyclic) bond motifs is 1. The summed E-state index contributed by atoms with van der Waals surface area (Å²) in [5.74, 6) is 0.507. The Morgan fingerprint density at radius 3 is 2.71 bits per heavy atom. The molecule has 0 fully saturated rings. The summed E-state index contributed by atoms with van der Waals surface area (Å²) in [6.07, 6.45) is 12.6. The van der Waals surface area contributed by atoms with Crippen LogP contribution in [0, 0.1) is 5.41 Å². The molecular formula is C17H18. The van der Waals surface area contributed by atoms with Crippen molar-refractivity contribution in [2.45, 2.75) is 26.2 Å². The zero-order valence-electron chi connectivity index (χ0n) is 10.5. The molecule has 2 aliphatic rings. The molecule has 0 saturated heterocycles. The third-order valence-corrected chi connectivity index (χ3v) is 4.09. The molecule has 1 aromatic rings. The number of rotatable bonds is 2. The van der Waals surface area contributed by atoms with E-state index in [4.69, 9.17) is 0 Å². The smallest absolute Gasteiger partial charge is 0.0119 e. The lowest BCUT2D eigenvalue weighted by Crippen LogP contribution is -2.21. The van der Waals surface area contributed by atoms with Crippen molar-refractivity contribution in [1.29, 1.82) is 0 Å². The van der Waals surface area contributed by atoms with Gasteiger partial charge in [0.25, 0.3) is 0 Å². The van der Waals surface area contributed by atoms with Crippen molar-refractivity contribution in [2.75, 3.05) is 0 Å². The van der Waals surface area contributed by atoms with Crippen LogP contribution in [0.4, 0.5) is 0 Å². The van der Waals surface area contributed by atoms with Gasteiger partial charge in [-0.25, -0.2) is 0 Å². The van der Waals surface area contributed by atoms with Crippen molar-refractivity contribution in [3.8, 4) is 0 Å². The zero-order valence-corrected chi connectivity index (χ0v) is 10.5. The van der Waals surface area contributed by atoms with Gasteiger partial charge in [0, 0.05) is 5.92 Å². The van der Waals surface area contributed by atoms with Gasteiger partial charge in [-0.2, -0.15) is 0 Å². The molecule has 0 heteroatoms. The van der Waals surface area contributed by atoms with Crippen molar-refractivity contribution in [1.82, 2.24) is 0 Å². The van der Waals surface area contributed by atoms with E-state index in [-0.39, 0.29) is 5.41 Å². The lowest BCUT2D eigenvalue weighted by molar-refractivity contribution is 0.410. The van der Waals surface area contributed by atoms with Gasteiger partial charge in [0.2, 0.25) is 0 Å². The van der Waals surface area contributed by atoms with E-state index in [1.165, 1.54) is 16.7 Å². The second kappa shape index (κ2) is 3.73. The molecule has 0 N–H and O–H groups in total. The average molecular weight is 222 g/mol. The summed E-state index contributed by atoms with van der Waals surface area (Å²) in [5, 5.41) is 0. The first-order valence-electron chi connectivity index (χ1n) is 6.34. The number of benzene rings is 1. The van der Waals surface area contributed by atoms with Gasteiger partial charge >= 0.3 is 0 Å². The molecule has 1 aromatic carbocycles. The van der Waals surface area contributed by atoms with Crippen LogP contribution < -0.4 is 0 Å². The van der Waals surface area contributed by atoms with Gasteiger partial charge in [-0.1, -0.05) is 68.5 Å². The first-order chi connectivity index (χ1) is 8.19. The molecule has 0 heterocycles. The summed E-state index contributed by atoms with van der Waals surface area (Å²) in [5.41, 5.74) is 4.52. The Kier molecular flexibility index (Phi) is 2.32. The van der Waals surface area contributed by atoms with Crippen LogP contribution >= 0.6 is 0 Å². The maximum absolute atomic E-state index is 2.36. The molecule has 1 unspecified atom stereocenters. The summed E-state index contributed by atoms with van der Waals surface area (Å²) in [7, 11) is 0. The predicted molar refractivity (Wildman–Crippen MR) is 73.8 cm³/mol. The summed E-state index contributed by atoms with van der Waals surface area (Å²) < 4.78 is 0. The Balaban J connectivity index is 2.02. The predicted octanol–water partition coefficient (Wildman–Crippen LogP) is 4.71. The maximum Gasteiger partial charge on any atom is 0.0119 e. The normalized spacial score (nSPS) is 21.8. The summed E-state index contributed by atoms with van der Waals surface area (Å²) in [6, 6.07) is 8.74. The van der Waals surface area contributed by atoms with E-state index in [0.29, 0.717) is 5.92 Å². The van der Waals surface area contributed by atoms with Crippen molar-refractivity contribution < 1.29 is 0 Å². The second-order valence-corrected chi connectivity index (χ2v) is 5.48. The Hall–Kier alpha value is -1.56. The summed E-state index contributed by atoms with van der Waals surface area (Å²) >= 11 is 0. The monoisotopic (exact) mass is 222 g/mol. The Morgan fingerprint density at radius 1 is 1.12 bits per heavy atom. The van der Waals surface area contributed by atoms with E-state index in [0.717, 1.165) is 6.42 Å². The molecule has 0 nitrogen and oxygen atoms in total. The van der Waals surface area contributed by atoms with E-state index in [2.05, 4.69) is 68.5 Å². The number of hydrogen-bond donors (Lipinski definition) is 0. The van der Waals surface area contributed by atoms with Crippen molar-refractivity contribution in [3.63, 3.8) is 0 Å². The van der Waals surface area contributed by atoms with Gasteiger partial charge in [0.15, 0.2) is 0 Å². The standard InChI is InChI=1S/C17H18/c1-17(2,14-8-4-5-9-14)16-12-11-13-7-3-6-10-15(13)16/h3-4,6-12,16H,5H2,1-2H3. The molecule has 0 bridgehead atoms. The highest BCUT2D eigenvalue weighted by Crippen LogP contribution is 2.48. The molecule has 1 atom stereocenters. The van der Waals surface area contributed by atoms with Crippen LogP contribution in [0.2, 0.25) is 0 Å². The average Bonchev–Trinajstić information content (AvgIpc) is 2.99. The van der Waals surface area contributed by atoms with Gasteiger partial charge in [0.1, 0.15) is 0 Å². The molecular weight excluding hydrogens is 204 g/mol. The number of hydrogen-bond acceptors (Lipinski definition) is 0. The quantitative estimate of drug-likeness (QED) is 0.679. The lowest BCUT2D eigenvalue weighted by Gasteiger charge is -2.32. The zero-order chi connectivity index (χ0) is 11.9. The molecule has 86 valence electrons. The van der Waals surface area contributed by atoms with Crippen LogP contribution in [0.3, 0.4) is 0 Å². The molecule has 2 aliphatic carbocycles. The third kappa shape index (κ3) is 1.59. The van der Waals surface area contributed by atoms with Gasteiger partial charge in [-0.15, -0.1) is 0 Å². The maximum atomic E-state index is 2.36. The van der Waals surface area contributed by atoms with Crippen molar-refractivity contribution in [2.24, 2.45) is 5.41 Å². The first kappa shape index (κ1) is 10.6. The third-order valence-electron chi connectivity index (χ3n) is 4.09. The van der Waals surface area contributed by atoms with Gasteiger partial charge in [-0.05, 0) is 28.5 Å².